The summed E-state index contributed by atoms with van der Waals surface area (Å²) in [6.07, 6.45) is -10.2. The van der Waals surface area contributed by atoms with Gasteiger partial charge in [0, 0.05) is 18.1 Å². The Morgan fingerprint density at radius 1 is 0.778 bits per heavy atom. The average molecular weight is 635 g/mol. The van der Waals surface area contributed by atoms with E-state index < -0.39 is 30.2 Å². The zero-order valence-corrected chi connectivity index (χ0v) is 26.0. The molecule has 0 unspecified atom stereocenters. The predicted octanol–water partition coefficient (Wildman–Crippen LogP) is 8.63. The Kier molecular flexibility index (Phi) is 11.2. The minimum absolute atomic E-state index is 0.0147. The van der Waals surface area contributed by atoms with Gasteiger partial charge in [0.2, 0.25) is 0 Å². The molecule has 0 amide bonds. The van der Waals surface area contributed by atoms with Crippen LogP contribution < -0.4 is 0 Å². The number of aryl methyl sites for hydroxylation is 2. The van der Waals surface area contributed by atoms with Gasteiger partial charge in [-0.05, 0) is 77.6 Å². The van der Waals surface area contributed by atoms with E-state index in [0.717, 1.165) is 40.5 Å². The largest absolute Gasteiger partial charge is 0.469 e. The molecule has 0 heterocycles. The van der Waals surface area contributed by atoms with Crippen LogP contribution in [0.15, 0.2) is 60.7 Å². The molecule has 0 N–H and O–H groups in total. The third-order valence-electron chi connectivity index (χ3n) is 8.17. The Labute approximate surface area is 259 Å². The van der Waals surface area contributed by atoms with Crippen LogP contribution in [0.5, 0.6) is 0 Å². The molecule has 0 saturated carbocycles. The second kappa shape index (κ2) is 14.1. The quantitative estimate of drug-likeness (QED) is 0.0970. The van der Waals surface area contributed by atoms with Crippen molar-refractivity contribution >= 4 is 5.97 Å². The van der Waals surface area contributed by atoms with E-state index in [9.17, 15) is 31.1 Å². The molecule has 0 saturated heterocycles. The normalized spacial score (nSPS) is 12.4. The van der Waals surface area contributed by atoms with E-state index in [-0.39, 0.29) is 18.0 Å². The SMILES string of the molecule is CCC(CC)(c1ccc(C#CC(OCOC)(C(F)(F)F)C(F)(F)F)c(C)c1)c1ccc(-c2ccc(CC(=O)OC)cc2)c(C)c1. The van der Waals surface area contributed by atoms with Crippen molar-refractivity contribution in [1.82, 2.24) is 0 Å². The van der Waals surface area contributed by atoms with E-state index in [1.54, 1.807) is 19.1 Å². The van der Waals surface area contributed by atoms with Gasteiger partial charge in [-0.15, -0.1) is 0 Å². The smallest absolute Gasteiger partial charge is 0.438 e. The summed E-state index contributed by atoms with van der Waals surface area (Å²) in [6, 6.07) is 18.7. The van der Waals surface area contributed by atoms with Crippen LogP contribution in [-0.4, -0.2) is 44.9 Å². The van der Waals surface area contributed by atoms with Crippen LogP contribution in [0.4, 0.5) is 26.3 Å². The van der Waals surface area contributed by atoms with Gasteiger partial charge in [0.1, 0.15) is 6.79 Å². The Morgan fingerprint density at radius 2 is 1.33 bits per heavy atom. The summed E-state index contributed by atoms with van der Waals surface area (Å²) in [5.41, 5.74) is 0.992. The molecule has 0 aliphatic heterocycles. The monoisotopic (exact) mass is 634 g/mol. The molecule has 242 valence electrons. The highest BCUT2D eigenvalue weighted by molar-refractivity contribution is 5.73. The van der Waals surface area contributed by atoms with Crippen LogP contribution in [-0.2, 0) is 30.8 Å². The molecule has 0 spiro atoms. The van der Waals surface area contributed by atoms with Crippen molar-refractivity contribution in [2.45, 2.75) is 70.3 Å². The minimum atomic E-state index is -5.86. The topological polar surface area (TPSA) is 44.8 Å². The Balaban J connectivity index is 2.02. The molecule has 4 nitrogen and oxygen atoms in total. The number of esters is 1. The van der Waals surface area contributed by atoms with Gasteiger partial charge in [-0.2, -0.15) is 26.3 Å². The van der Waals surface area contributed by atoms with Crippen molar-refractivity contribution in [1.29, 1.82) is 0 Å². The average Bonchev–Trinajstić information content (AvgIpc) is 2.98. The van der Waals surface area contributed by atoms with E-state index in [1.807, 2.05) is 57.2 Å². The number of carbonyl (C=O) groups excluding carboxylic acids is 1. The van der Waals surface area contributed by atoms with Gasteiger partial charge in [-0.1, -0.05) is 74.4 Å². The zero-order chi connectivity index (χ0) is 33.6. The molecule has 0 bridgehead atoms. The fourth-order valence-electron chi connectivity index (χ4n) is 5.47. The van der Waals surface area contributed by atoms with Crippen molar-refractivity contribution in [3.63, 3.8) is 0 Å². The first-order valence-electron chi connectivity index (χ1n) is 14.3. The van der Waals surface area contributed by atoms with E-state index in [0.29, 0.717) is 18.4 Å². The van der Waals surface area contributed by atoms with E-state index >= 15 is 0 Å². The first kappa shape index (κ1) is 35.7. The fraction of sp³-hybridized carbons (Fsp3) is 0.400. The van der Waals surface area contributed by atoms with E-state index in [1.165, 1.54) is 19.1 Å². The van der Waals surface area contributed by atoms with Crippen LogP contribution in [0.25, 0.3) is 11.1 Å². The number of ether oxygens (including phenoxy) is 3. The fourth-order valence-corrected chi connectivity index (χ4v) is 5.47. The van der Waals surface area contributed by atoms with Gasteiger partial charge in [0.15, 0.2) is 0 Å². The molecule has 10 heteroatoms. The molecular weight excluding hydrogens is 598 g/mol. The molecule has 0 radical (unpaired) electrons. The lowest BCUT2D eigenvalue weighted by atomic mass is 9.69. The van der Waals surface area contributed by atoms with Crippen molar-refractivity contribution in [2.24, 2.45) is 0 Å². The maximum absolute atomic E-state index is 13.7. The second-order valence-corrected chi connectivity index (χ2v) is 10.8. The predicted molar refractivity (Wildman–Crippen MR) is 160 cm³/mol. The van der Waals surface area contributed by atoms with Crippen molar-refractivity contribution in [3.05, 3.63) is 94.0 Å². The van der Waals surface area contributed by atoms with Crippen LogP contribution in [0.1, 0.15) is 60.1 Å². The van der Waals surface area contributed by atoms with Crippen LogP contribution in [0.2, 0.25) is 0 Å². The van der Waals surface area contributed by atoms with Crippen molar-refractivity contribution in [3.8, 4) is 23.0 Å². The highest BCUT2D eigenvalue weighted by Gasteiger charge is 2.72. The van der Waals surface area contributed by atoms with Gasteiger partial charge in [0.05, 0.1) is 13.5 Å². The molecule has 3 aromatic carbocycles. The lowest BCUT2D eigenvalue weighted by Crippen LogP contribution is -2.58. The van der Waals surface area contributed by atoms with Crippen LogP contribution in [0.3, 0.4) is 0 Å². The summed E-state index contributed by atoms with van der Waals surface area (Å²) in [5, 5.41) is 0. The number of benzene rings is 3. The Bertz CT molecular complexity index is 1530. The molecule has 0 fully saturated rings. The molecule has 3 rings (SSSR count). The van der Waals surface area contributed by atoms with E-state index in [4.69, 9.17) is 4.74 Å². The molecule has 0 atom stereocenters. The van der Waals surface area contributed by atoms with Crippen LogP contribution in [0, 0.1) is 25.7 Å². The van der Waals surface area contributed by atoms with Gasteiger partial charge in [0.25, 0.3) is 0 Å². The number of hydrogen-bond acceptors (Lipinski definition) is 4. The molecular formula is C35H36F6O4. The van der Waals surface area contributed by atoms with Crippen molar-refractivity contribution in [2.75, 3.05) is 21.0 Å². The molecule has 0 aliphatic carbocycles. The minimum Gasteiger partial charge on any atom is -0.469 e. The Morgan fingerprint density at radius 3 is 1.80 bits per heavy atom. The van der Waals surface area contributed by atoms with Gasteiger partial charge >= 0.3 is 23.9 Å². The second-order valence-electron chi connectivity index (χ2n) is 10.8. The summed E-state index contributed by atoms with van der Waals surface area (Å²) < 4.78 is 95.6. The van der Waals surface area contributed by atoms with Gasteiger partial charge < -0.3 is 14.2 Å². The number of halogens is 6. The van der Waals surface area contributed by atoms with Crippen molar-refractivity contribution < 1.29 is 45.3 Å². The summed E-state index contributed by atoms with van der Waals surface area (Å²) in [4.78, 5) is 11.6. The van der Waals surface area contributed by atoms with Gasteiger partial charge in [-0.25, -0.2) is 0 Å². The first-order valence-corrected chi connectivity index (χ1v) is 14.3. The van der Waals surface area contributed by atoms with Gasteiger partial charge in [-0.3, -0.25) is 4.79 Å². The zero-order valence-electron chi connectivity index (χ0n) is 26.0. The molecule has 3 aromatic rings. The number of rotatable bonds is 10. The summed E-state index contributed by atoms with van der Waals surface area (Å²) in [6.45, 7) is 6.41. The number of alkyl halides is 6. The highest BCUT2D eigenvalue weighted by Crippen LogP contribution is 2.46. The third-order valence-corrected chi connectivity index (χ3v) is 8.17. The standard InChI is InChI=1S/C35H36F6O4/c1-7-32(8-2,29-15-16-30(24(4)20-29)27-11-9-25(10-12-27)21-31(42)44-6)28-14-13-26(23(3)19-28)17-18-33(34(36,37)38,35(39,40)41)45-22-43-5/h9-16,19-20H,7-8,21-22H2,1-6H3. The van der Waals surface area contributed by atoms with Crippen LogP contribution >= 0.6 is 0 Å². The first-order chi connectivity index (χ1) is 21.1. The highest BCUT2D eigenvalue weighted by atomic mass is 19.4. The number of methoxy groups -OCH3 is 2. The molecule has 0 aromatic heterocycles. The summed E-state index contributed by atoms with van der Waals surface area (Å²) >= 11 is 0. The van der Waals surface area contributed by atoms with E-state index in [2.05, 4.69) is 21.5 Å². The molecule has 0 aliphatic rings. The lowest BCUT2D eigenvalue weighted by Gasteiger charge is -2.34. The lowest BCUT2D eigenvalue weighted by molar-refractivity contribution is -0.368. The number of carbonyl (C=O) groups is 1. The number of hydrogen-bond donors (Lipinski definition) is 0. The summed E-state index contributed by atoms with van der Waals surface area (Å²) in [5.74, 6) is 3.11. The Hall–Kier alpha value is -3.81. The maximum atomic E-state index is 13.7. The summed E-state index contributed by atoms with van der Waals surface area (Å²) in [7, 11) is 2.26. The maximum Gasteiger partial charge on any atom is 0.438 e. The molecule has 45 heavy (non-hydrogen) atoms. The third kappa shape index (κ3) is 7.37.